The summed E-state index contributed by atoms with van der Waals surface area (Å²) in [7, 11) is 0. The van der Waals surface area contributed by atoms with Gasteiger partial charge in [0.1, 0.15) is 0 Å². The molecule has 0 spiro atoms. The van der Waals surface area contributed by atoms with Crippen molar-refractivity contribution in [3.05, 3.63) is 39.4 Å². The smallest absolute Gasteiger partial charge is 0.512 e. The van der Waals surface area contributed by atoms with Gasteiger partial charge >= 0.3 is 93.3 Å². The van der Waals surface area contributed by atoms with E-state index in [9.17, 15) is 0 Å². The van der Waals surface area contributed by atoms with E-state index in [0.717, 1.165) is 0 Å². The molecule has 6 nitrogen and oxygen atoms in total. The van der Waals surface area contributed by atoms with Gasteiger partial charge in [-0.3, -0.25) is 0 Å². The van der Waals surface area contributed by atoms with Crippen molar-refractivity contribution in [1.29, 1.82) is 31.6 Å². The molecule has 0 amide bonds. The largest absolute Gasteiger partial charge is 2.00 e. The van der Waals surface area contributed by atoms with Crippen LogP contribution in [0.4, 0.5) is 0 Å². The average molecular weight is 321 g/mol. The van der Waals surface area contributed by atoms with Gasteiger partial charge in [-0.15, -0.1) is 0 Å². The molecule has 0 rings (SSSR count). The van der Waals surface area contributed by atoms with Gasteiger partial charge in [0.15, 0.2) is 0 Å². The maximum absolute atomic E-state index is 6.25. The monoisotopic (exact) mass is 321 g/mol. The van der Waals surface area contributed by atoms with Crippen LogP contribution in [0.2, 0.25) is 0 Å². The molecule has 0 aromatic carbocycles. The van der Waals surface area contributed by atoms with E-state index in [1.165, 1.54) is 0 Å². The SMILES string of the molecule is [C-]#N.[C-]#N.[C-]#N.[C-]#N.[C-]#N.[C-]#N.[Cu+2].[Fe+2].[Na+].[Na+]. The third-order valence-electron chi connectivity index (χ3n) is 0. The van der Waals surface area contributed by atoms with Gasteiger partial charge in [-0.2, -0.15) is 0 Å². The fraction of sp³-hybridized carbons (Fsp3) is 0. The molecular formula is C6CuFeN6Na2. The van der Waals surface area contributed by atoms with Crippen molar-refractivity contribution < 1.29 is 93.3 Å². The molecule has 0 saturated heterocycles. The van der Waals surface area contributed by atoms with E-state index in [2.05, 4.69) is 0 Å². The maximum atomic E-state index is 6.25. The zero-order chi connectivity index (χ0) is 12.0. The normalized spacial score (nSPS) is 0.750. The number of hydrogen-bond acceptors (Lipinski definition) is 6. The van der Waals surface area contributed by atoms with Crippen LogP contribution < -0.4 is 59.1 Å². The zero-order valence-corrected chi connectivity index (χ0v) is 14.4. The van der Waals surface area contributed by atoms with Crippen molar-refractivity contribution in [1.82, 2.24) is 0 Å². The summed E-state index contributed by atoms with van der Waals surface area (Å²) in [6, 6.07) is 0. The first kappa shape index (κ1) is 100. The minimum Gasteiger partial charge on any atom is -0.512 e. The Labute approximate surface area is 162 Å². The number of hydrogen-bond donors (Lipinski definition) is 0. The Morgan fingerprint density at radius 1 is 0.375 bits per heavy atom. The van der Waals surface area contributed by atoms with Crippen molar-refractivity contribution in [3.8, 4) is 0 Å². The van der Waals surface area contributed by atoms with Crippen molar-refractivity contribution in [2.75, 3.05) is 0 Å². The van der Waals surface area contributed by atoms with Crippen LogP contribution in [0.25, 0.3) is 0 Å². The fourth-order valence-electron chi connectivity index (χ4n) is 0. The van der Waals surface area contributed by atoms with E-state index in [-0.39, 0.29) is 93.3 Å². The van der Waals surface area contributed by atoms with Crippen molar-refractivity contribution in [2.45, 2.75) is 0 Å². The van der Waals surface area contributed by atoms with Crippen LogP contribution in [0.5, 0.6) is 0 Å². The van der Waals surface area contributed by atoms with Gasteiger partial charge in [-0.25, -0.2) is 0 Å². The second-order valence-electron chi connectivity index (χ2n) is 0. The molecule has 0 aromatic heterocycles. The summed E-state index contributed by atoms with van der Waals surface area (Å²) in [6.07, 6.45) is 0. The Morgan fingerprint density at radius 3 is 0.375 bits per heavy atom. The van der Waals surface area contributed by atoms with Gasteiger partial charge in [0.2, 0.25) is 0 Å². The van der Waals surface area contributed by atoms with Crippen LogP contribution in [0.1, 0.15) is 0 Å². The van der Waals surface area contributed by atoms with Crippen LogP contribution in [0.3, 0.4) is 0 Å². The predicted molar refractivity (Wildman–Crippen MR) is 29.8 cm³/mol. The fourth-order valence-corrected chi connectivity index (χ4v) is 0. The summed E-state index contributed by atoms with van der Waals surface area (Å²) in [6.45, 7) is 28.5. The predicted octanol–water partition coefficient (Wildman–Crippen LogP) is -5.42. The first-order chi connectivity index (χ1) is 6.00. The van der Waals surface area contributed by atoms with Crippen molar-refractivity contribution >= 4 is 0 Å². The molecule has 0 aliphatic rings. The zero-order valence-electron chi connectivity index (χ0n) is 8.34. The molecule has 0 atom stereocenters. The van der Waals surface area contributed by atoms with Gasteiger partial charge in [0.25, 0.3) is 0 Å². The van der Waals surface area contributed by atoms with Crippen LogP contribution >= 0.6 is 0 Å². The first-order valence-electron chi connectivity index (χ1n) is 1.34. The van der Waals surface area contributed by atoms with Crippen LogP contribution in [0, 0.1) is 71.0 Å². The quantitative estimate of drug-likeness (QED) is 0.322. The van der Waals surface area contributed by atoms with Crippen LogP contribution in [-0.4, -0.2) is 0 Å². The number of rotatable bonds is 0. The van der Waals surface area contributed by atoms with Gasteiger partial charge in [0.05, 0.1) is 0 Å². The van der Waals surface area contributed by atoms with E-state index in [4.69, 9.17) is 71.0 Å². The van der Waals surface area contributed by atoms with Crippen LogP contribution in [0.15, 0.2) is 0 Å². The molecule has 0 bridgehead atoms. The minimum atomic E-state index is 0. The molecule has 0 aromatic rings. The Balaban J connectivity index is -0.00000000321. The summed E-state index contributed by atoms with van der Waals surface area (Å²) >= 11 is 0. The maximum Gasteiger partial charge on any atom is 2.00 e. The molecule has 0 saturated carbocycles. The third-order valence-corrected chi connectivity index (χ3v) is 0. The molecular weight excluding hydrogens is 321 g/mol. The molecule has 1 radical (unpaired) electrons. The Kier molecular flexibility index (Phi) is 41400000. The Morgan fingerprint density at radius 2 is 0.375 bits per heavy atom. The van der Waals surface area contributed by atoms with Gasteiger partial charge in [-0.05, 0) is 0 Å². The molecule has 75 valence electrons. The molecule has 10 heteroatoms. The standard InChI is InChI=1S/6CN.Cu.Fe.2Na/c6*1-2;;;;/q6*-1;2*+2;2*+1. The Hall–Kier alpha value is -0.0210. The second-order valence-corrected chi connectivity index (χ2v) is 0. The first-order valence-corrected chi connectivity index (χ1v) is 1.34. The van der Waals surface area contributed by atoms with Gasteiger partial charge in [0, 0.05) is 0 Å². The number of nitrogens with zero attached hydrogens (tertiary/aromatic N) is 6. The van der Waals surface area contributed by atoms with E-state index >= 15 is 0 Å². The molecule has 0 aliphatic heterocycles. The molecule has 0 aliphatic carbocycles. The third kappa shape index (κ3) is 5320000. The van der Waals surface area contributed by atoms with Crippen molar-refractivity contribution in [2.24, 2.45) is 0 Å². The summed E-state index contributed by atoms with van der Waals surface area (Å²) in [4.78, 5) is 0. The Bertz CT molecular complexity index is 106. The molecule has 0 heterocycles. The van der Waals surface area contributed by atoms with E-state index in [1.54, 1.807) is 0 Å². The average Bonchev–Trinajstić information content (AvgIpc) is 2.33. The van der Waals surface area contributed by atoms with E-state index in [0.29, 0.717) is 0 Å². The molecule has 16 heavy (non-hydrogen) atoms. The minimum absolute atomic E-state index is 0. The summed E-state index contributed by atoms with van der Waals surface area (Å²) in [5.41, 5.74) is 0. The van der Waals surface area contributed by atoms with E-state index < -0.39 is 0 Å². The summed E-state index contributed by atoms with van der Waals surface area (Å²) in [5, 5.41) is 37.5. The molecule has 0 fully saturated rings. The topological polar surface area (TPSA) is 143 Å². The second kappa shape index (κ2) is 6610000. The van der Waals surface area contributed by atoms with Crippen LogP contribution in [-0.2, 0) is 34.1 Å². The summed E-state index contributed by atoms with van der Waals surface area (Å²) in [5.74, 6) is 0. The van der Waals surface area contributed by atoms with Gasteiger partial charge in [-0.1, -0.05) is 0 Å². The van der Waals surface area contributed by atoms with Gasteiger partial charge < -0.3 is 71.0 Å². The molecule has 0 N–H and O–H groups in total. The molecule has 0 unspecified atom stereocenters. The summed E-state index contributed by atoms with van der Waals surface area (Å²) < 4.78 is 0. The van der Waals surface area contributed by atoms with Crippen molar-refractivity contribution in [3.63, 3.8) is 0 Å². The van der Waals surface area contributed by atoms with E-state index in [1.807, 2.05) is 0 Å².